The fourth-order valence-corrected chi connectivity index (χ4v) is 5.83. The fraction of sp³-hybridized carbons (Fsp3) is 0.133. The summed E-state index contributed by atoms with van der Waals surface area (Å²) in [7, 11) is 0. The summed E-state index contributed by atoms with van der Waals surface area (Å²) in [5, 5.41) is 2.59. The molecule has 0 atom stereocenters. The molecule has 1 N–H and O–H groups in total. The van der Waals surface area contributed by atoms with Gasteiger partial charge in [0.05, 0.1) is 5.56 Å². The number of alkyl halides is 3. The minimum Gasteiger partial charge on any atom is -0.449 e. The van der Waals surface area contributed by atoms with Gasteiger partial charge in [0.15, 0.2) is 6.29 Å². The number of hydrogen-bond acceptors (Lipinski definition) is 4. The molecule has 1 aliphatic rings. The van der Waals surface area contributed by atoms with E-state index < -0.39 is 17.8 Å². The van der Waals surface area contributed by atoms with E-state index in [9.17, 15) is 22.8 Å². The molecule has 0 bridgehead atoms. The Bertz CT molecular complexity index is 1460. The molecule has 0 spiro atoms. The number of rotatable bonds is 7. The normalized spacial score (nSPS) is 12.5. The van der Waals surface area contributed by atoms with Gasteiger partial charge in [0.25, 0.3) is 0 Å². The van der Waals surface area contributed by atoms with E-state index in [2.05, 4.69) is 5.32 Å². The molecule has 38 heavy (non-hydrogen) atoms. The van der Waals surface area contributed by atoms with Crippen molar-refractivity contribution in [2.24, 2.45) is 0 Å². The lowest BCUT2D eigenvalue weighted by molar-refractivity contribution is -0.139. The number of nitrogens with one attached hydrogen (secondary N) is 1. The minimum atomic E-state index is -4.61. The van der Waals surface area contributed by atoms with Gasteiger partial charge in [-0.3, -0.25) is 4.79 Å². The van der Waals surface area contributed by atoms with Crippen LogP contribution in [0.3, 0.4) is 0 Å². The monoisotopic (exact) mass is 533 g/mol. The summed E-state index contributed by atoms with van der Waals surface area (Å²) in [6.07, 6.45) is -4.74. The fourth-order valence-electron chi connectivity index (χ4n) is 4.67. The molecule has 1 amide bonds. The van der Waals surface area contributed by atoms with Gasteiger partial charge in [-0.15, -0.1) is 0 Å². The van der Waals surface area contributed by atoms with Crippen LogP contribution in [0.1, 0.15) is 38.5 Å². The van der Waals surface area contributed by atoms with Gasteiger partial charge in [-0.05, 0) is 39.9 Å². The van der Waals surface area contributed by atoms with E-state index in [1.165, 1.54) is 12.1 Å². The van der Waals surface area contributed by atoms with E-state index >= 15 is 0 Å². The summed E-state index contributed by atoms with van der Waals surface area (Å²) in [4.78, 5) is 24.4. The van der Waals surface area contributed by atoms with Crippen LogP contribution in [0.2, 0.25) is 0 Å². The van der Waals surface area contributed by atoms with Gasteiger partial charge < -0.3 is 10.1 Å². The molecule has 0 saturated carbocycles. The zero-order valence-corrected chi connectivity index (χ0v) is 20.8. The van der Waals surface area contributed by atoms with Gasteiger partial charge in [-0.2, -0.15) is 13.2 Å². The molecule has 0 heterocycles. The molecular weight excluding hydrogens is 511 g/mol. The third kappa shape index (κ3) is 5.17. The molecule has 0 aliphatic heterocycles. The second-order valence-electron chi connectivity index (χ2n) is 8.73. The number of amides is 1. The van der Waals surface area contributed by atoms with Crippen molar-refractivity contribution in [3.05, 3.63) is 119 Å². The van der Waals surface area contributed by atoms with Crippen LogP contribution in [0, 0.1) is 0 Å². The van der Waals surface area contributed by atoms with Crippen molar-refractivity contribution in [2.45, 2.75) is 28.4 Å². The van der Waals surface area contributed by atoms with Gasteiger partial charge >= 0.3 is 12.3 Å². The zero-order valence-electron chi connectivity index (χ0n) is 20.0. The average molecular weight is 534 g/mol. The predicted molar refractivity (Wildman–Crippen MR) is 139 cm³/mol. The third-order valence-electron chi connectivity index (χ3n) is 6.43. The van der Waals surface area contributed by atoms with Gasteiger partial charge in [-0.25, -0.2) is 4.79 Å². The quantitative estimate of drug-likeness (QED) is 0.247. The van der Waals surface area contributed by atoms with Crippen molar-refractivity contribution in [3.63, 3.8) is 0 Å². The molecule has 192 valence electrons. The van der Waals surface area contributed by atoms with Crippen LogP contribution < -0.4 is 5.32 Å². The average Bonchev–Trinajstić information content (AvgIpc) is 3.24. The van der Waals surface area contributed by atoms with Gasteiger partial charge in [0.1, 0.15) is 6.61 Å². The highest BCUT2D eigenvalue weighted by atomic mass is 32.2. The Labute approximate surface area is 221 Å². The molecule has 0 unspecified atom stereocenters. The van der Waals surface area contributed by atoms with Crippen molar-refractivity contribution in [1.82, 2.24) is 5.32 Å². The highest BCUT2D eigenvalue weighted by Gasteiger charge is 2.35. The highest BCUT2D eigenvalue weighted by molar-refractivity contribution is 7.99. The summed E-state index contributed by atoms with van der Waals surface area (Å²) < 4.78 is 47.1. The summed E-state index contributed by atoms with van der Waals surface area (Å²) in [6, 6.07) is 26.1. The largest absolute Gasteiger partial charge is 0.449 e. The number of halogens is 3. The number of benzene rings is 4. The molecule has 8 heteroatoms. The summed E-state index contributed by atoms with van der Waals surface area (Å²) in [6.45, 7) is -0.0804. The number of aldehydes is 1. The van der Waals surface area contributed by atoms with Crippen LogP contribution >= 0.6 is 11.8 Å². The first kappa shape index (κ1) is 25.6. The minimum absolute atomic E-state index is 0.0757. The van der Waals surface area contributed by atoms with Crippen molar-refractivity contribution in [2.75, 3.05) is 6.61 Å². The lowest BCUT2D eigenvalue weighted by Crippen LogP contribution is -2.26. The second-order valence-corrected chi connectivity index (χ2v) is 9.78. The van der Waals surface area contributed by atoms with Gasteiger partial charge in [-0.1, -0.05) is 90.6 Å². The summed E-state index contributed by atoms with van der Waals surface area (Å²) >= 11 is 0.846. The maximum atomic E-state index is 13.9. The molecule has 0 radical (unpaired) electrons. The molecule has 0 saturated heterocycles. The van der Waals surface area contributed by atoms with Crippen LogP contribution in [0.25, 0.3) is 11.1 Å². The number of carbonyl (C=O) groups excluding carboxylic acids is 2. The zero-order chi connectivity index (χ0) is 26.7. The van der Waals surface area contributed by atoms with E-state index in [-0.39, 0.29) is 35.1 Å². The first-order chi connectivity index (χ1) is 18.4. The smallest absolute Gasteiger partial charge is 0.417 e. The maximum Gasteiger partial charge on any atom is 0.417 e. The number of hydrogen-bond donors (Lipinski definition) is 1. The molecule has 4 nitrogen and oxygen atoms in total. The molecule has 0 aromatic heterocycles. The number of carbonyl (C=O) groups is 2. The number of fused-ring (bicyclic) bond motifs is 3. The second kappa shape index (κ2) is 10.8. The topological polar surface area (TPSA) is 55.4 Å². The van der Waals surface area contributed by atoms with Crippen LogP contribution in [-0.2, 0) is 17.5 Å². The first-order valence-corrected chi connectivity index (χ1v) is 12.7. The van der Waals surface area contributed by atoms with Crippen molar-refractivity contribution < 1.29 is 27.5 Å². The molecule has 1 aliphatic carbocycles. The van der Waals surface area contributed by atoms with Crippen LogP contribution in [0.5, 0.6) is 0 Å². The molecule has 4 aromatic rings. The SMILES string of the molecule is O=Cc1ccccc1Sc1c(CNC(=O)OCC2c3ccccc3-c3ccccc32)cccc1C(F)(F)F. The molecule has 0 fully saturated rings. The predicted octanol–water partition coefficient (Wildman–Crippen LogP) is 7.71. The van der Waals surface area contributed by atoms with Gasteiger partial charge in [0.2, 0.25) is 0 Å². The van der Waals surface area contributed by atoms with Crippen LogP contribution in [0.4, 0.5) is 18.0 Å². The highest BCUT2D eigenvalue weighted by Crippen LogP contribution is 2.45. The van der Waals surface area contributed by atoms with E-state index in [0.717, 1.165) is 40.1 Å². The first-order valence-electron chi connectivity index (χ1n) is 11.9. The van der Waals surface area contributed by atoms with Crippen molar-refractivity contribution in [3.8, 4) is 11.1 Å². The Balaban J connectivity index is 1.32. The number of ether oxygens (including phenoxy) is 1. The lowest BCUT2D eigenvalue weighted by Gasteiger charge is -2.18. The summed E-state index contributed by atoms with van der Waals surface area (Å²) in [5.41, 5.74) is 4.02. The third-order valence-corrected chi connectivity index (χ3v) is 7.70. The van der Waals surface area contributed by atoms with E-state index in [1.807, 2.05) is 48.5 Å². The Morgan fingerprint density at radius 1 is 0.868 bits per heavy atom. The molecule has 4 aromatic carbocycles. The molecule has 5 rings (SSSR count). The maximum absolute atomic E-state index is 13.9. The molecular formula is C30H22F3NO3S. The van der Waals surface area contributed by atoms with Gasteiger partial charge in [0, 0.05) is 27.8 Å². The Morgan fingerprint density at radius 3 is 2.16 bits per heavy atom. The van der Waals surface area contributed by atoms with Crippen LogP contribution in [-0.4, -0.2) is 19.0 Å². The Kier molecular flexibility index (Phi) is 7.24. The number of alkyl carbamates (subject to hydrolysis) is 1. The van der Waals surface area contributed by atoms with E-state index in [1.54, 1.807) is 24.3 Å². The lowest BCUT2D eigenvalue weighted by atomic mass is 9.98. The van der Waals surface area contributed by atoms with Crippen molar-refractivity contribution in [1.29, 1.82) is 0 Å². The standard InChI is InChI=1S/C30H22F3NO3S/c31-30(32,33)26-14-7-9-19(28(26)38-27-15-6-1-8-20(27)17-35)16-34-29(36)37-18-25-23-12-4-2-10-21(23)22-11-3-5-13-24(22)25/h1-15,17,25H,16,18H2,(H,34,36). The summed E-state index contributed by atoms with van der Waals surface area (Å²) in [5.74, 6) is -0.132. The Hall–Kier alpha value is -4.04. The van der Waals surface area contributed by atoms with E-state index in [0.29, 0.717) is 11.2 Å². The van der Waals surface area contributed by atoms with E-state index in [4.69, 9.17) is 4.74 Å². The Morgan fingerprint density at radius 2 is 1.50 bits per heavy atom. The van der Waals surface area contributed by atoms with Crippen molar-refractivity contribution >= 4 is 24.1 Å². The van der Waals surface area contributed by atoms with Crippen LogP contribution in [0.15, 0.2) is 101 Å².